The molecule has 36 heavy (non-hydrogen) atoms. The van der Waals surface area contributed by atoms with Crippen LogP contribution < -0.4 is 27.4 Å². The molecule has 0 aliphatic heterocycles. The van der Waals surface area contributed by atoms with Gasteiger partial charge in [0.25, 0.3) is 5.91 Å². The van der Waals surface area contributed by atoms with Crippen molar-refractivity contribution in [3.05, 3.63) is 0 Å². The average Bonchev–Trinajstić information content (AvgIpc) is 2.76. The Kier molecular flexibility index (Phi) is 15.0. The molecular formula is C23H41N5O8. The second-order valence-corrected chi connectivity index (χ2v) is 9.03. The molecule has 0 rings (SSSR count). The minimum atomic E-state index is -1.41. The summed E-state index contributed by atoms with van der Waals surface area (Å²) in [6.07, 6.45) is -0.726. The van der Waals surface area contributed by atoms with Gasteiger partial charge in [-0.2, -0.15) is 0 Å². The number of hydrogen-bond donors (Lipinski definition) is 5. The Labute approximate surface area is 211 Å². The molecule has 0 aromatic carbocycles. The third-order valence-corrected chi connectivity index (χ3v) is 4.82. The van der Waals surface area contributed by atoms with E-state index in [4.69, 9.17) is 20.9 Å². The third kappa shape index (κ3) is 13.0. The summed E-state index contributed by atoms with van der Waals surface area (Å²) < 4.78 is 10.2. The summed E-state index contributed by atoms with van der Waals surface area (Å²) in [7, 11) is 0. The molecule has 0 aliphatic carbocycles. The van der Waals surface area contributed by atoms with Crippen molar-refractivity contribution in [1.82, 2.24) is 16.0 Å². The number of hydrogen-bond acceptors (Lipinski definition) is 9. The Morgan fingerprint density at radius 2 is 1.31 bits per heavy atom. The number of carbonyl (C=O) groups is 6. The summed E-state index contributed by atoms with van der Waals surface area (Å²) in [4.78, 5) is 73.4. The third-order valence-electron chi connectivity index (χ3n) is 4.82. The van der Waals surface area contributed by atoms with Crippen molar-refractivity contribution in [2.45, 2.75) is 97.6 Å². The van der Waals surface area contributed by atoms with Crippen LogP contribution in [-0.4, -0.2) is 72.4 Å². The first-order valence-electron chi connectivity index (χ1n) is 12.0. The first kappa shape index (κ1) is 32.8. The average molecular weight is 516 g/mol. The van der Waals surface area contributed by atoms with Crippen molar-refractivity contribution < 1.29 is 38.2 Å². The van der Waals surface area contributed by atoms with E-state index in [2.05, 4.69) is 16.0 Å². The Hall–Kier alpha value is -3.22. The lowest BCUT2D eigenvalue weighted by atomic mass is 10.1. The van der Waals surface area contributed by atoms with Crippen LogP contribution in [0.1, 0.15) is 67.2 Å². The zero-order valence-corrected chi connectivity index (χ0v) is 21.9. The summed E-state index contributed by atoms with van der Waals surface area (Å²) in [5.41, 5.74) is 10.7. The maximum Gasteiger partial charge on any atom is 0.328 e. The maximum absolute atomic E-state index is 12.9. The van der Waals surface area contributed by atoms with E-state index in [1.54, 1.807) is 27.7 Å². The number of nitrogens with two attached hydrogens (primary N) is 2. The molecule has 0 aromatic heterocycles. The van der Waals surface area contributed by atoms with E-state index < -0.39 is 78.2 Å². The number of ether oxygens (including phenoxy) is 2. The van der Waals surface area contributed by atoms with Crippen LogP contribution in [0.15, 0.2) is 0 Å². The van der Waals surface area contributed by atoms with Gasteiger partial charge in [0.15, 0.2) is 6.10 Å². The van der Waals surface area contributed by atoms with Gasteiger partial charge in [-0.05, 0) is 53.5 Å². The number of amides is 4. The van der Waals surface area contributed by atoms with Gasteiger partial charge in [0, 0.05) is 0 Å². The quantitative estimate of drug-likeness (QED) is 0.126. The summed E-state index contributed by atoms with van der Waals surface area (Å²) in [6.45, 7) is 9.64. The summed E-state index contributed by atoms with van der Waals surface area (Å²) in [5, 5.41) is 7.23. The number of esters is 2. The molecular weight excluding hydrogens is 474 g/mol. The molecule has 206 valence electrons. The molecule has 7 N–H and O–H groups in total. The fraction of sp³-hybridized carbons (Fsp3) is 0.739. The van der Waals surface area contributed by atoms with Crippen molar-refractivity contribution in [3.8, 4) is 0 Å². The smallest absolute Gasteiger partial charge is 0.328 e. The normalized spacial score (nSPS) is 14.2. The van der Waals surface area contributed by atoms with Crippen molar-refractivity contribution in [2.75, 3.05) is 6.54 Å². The van der Waals surface area contributed by atoms with Gasteiger partial charge >= 0.3 is 11.9 Å². The fourth-order valence-corrected chi connectivity index (χ4v) is 2.80. The zero-order chi connectivity index (χ0) is 28.0. The predicted molar refractivity (Wildman–Crippen MR) is 130 cm³/mol. The van der Waals surface area contributed by atoms with E-state index >= 15 is 0 Å². The Morgan fingerprint density at radius 1 is 0.722 bits per heavy atom. The maximum atomic E-state index is 12.9. The highest BCUT2D eigenvalue weighted by molar-refractivity contribution is 5.96. The van der Waals surface area contributed by atoms with Crippen molar-refractivity contribution in [1.29, 1.82) is 0 Å². The van der Waals surface area contributed by atoms with E-state index in [0.29, 0.717) is 19.4 Å². The van der Waals surface area contributed by atoms with Gasteiger partial charge in [0.05, 0.1) is 18.4 Å². The van der Waals surface area contributed by atoms with Crippen LogP contribution in [0.2, 0.25) is 0 Å². The number of rotatable bonds is 16. The van der Waals surface area contributed by atoms with Crippen molar-refractivity contribution in [2.24, 2.45) is 17.4 Å². The van der Waals surface area contributed by atoms with Gasteiger partial charge in [-0.25, -0.2) is 4.79 Å². The van der Waals surface area contributed by atoms with Gasteiger partial charge in [0.2, 0.25) is 17.7 Å². The molecule has 0 spiro atoms. The Bertz CT molecular complexity index is 786. The number of primary amides is 1. The minimum absolute atomic E-state index is 0.241. The van der Waals surface area contributed by atoms with E-state index in [1.165, 1.54) is 13.8 Å². The van der Waals surface area contributed by atoms with Gasteiger partial charge in [0.1, 0.15) is 18.1 Å². The molecule has 13 nitrogen and oxygen atoms in total. The highest BCUT2D eigenvalue weighted by Crippen LogP contribution is 2.07. The summed E-state index contributed by atoms with van der Waals surface area (Å²) >= 11 is 0. The van der Waals surface area contributed by atoms with Crippen LogP contribution in [-0.2, 0) is 38.2 Å². The molecule has 4 unspecified atom stereocenters. The zero-order valence-electron chi connectivity index (χ0n) is 21.9. The lowest BCUT2D eigenvalue weighted by Crippen LogP contribution is -2.56. The Balaban J connectivity index is 5.31. The molecule has 0 saturated carbocycles. The van der Waals surface area contributed by atoms with E-state index in [0.717, 1.165) is 0 Å². The van der Waals surface area contributed by atoms with E-state index in [1.807, 2.05) is 0 Å². The Morgan fingerprint density at radius 3 is 1.81 bits per heavy atom. The lowest BCUT2D eigenvalue weighted by molar-refractivity contribution is -0.158. The van der Waals surface area contributed by atoms with Crippen LogP contribution in [0.3, 0.4) is 0 Å². The first-order valence-corrected chi connectivity index (χ1v) is 12.0. The van der Waals surface area contributed by atoms with Crippen LogP contribution in [0.5, 0.6) is 0 Å². The molecule has 0 saturated heterocycles. The molecule has 0 aliphatic rings. The highest BCUT2D eigenvalue weighted by Gasteiger charge is 2.31. The van der Waals surface area contributed by atoms with Crippen LogP contribution in [0.25, 0.3) is 0 Å². The second kappa shape index (κ2) is 16.5. The van der Waals surface area contributed by atoms with Crippen LogP contribution in [0, 0.1) is 5.92 Å². The molecule has 0 aromatic rings. The predicted octanol–water partition coefficient (Wildman–Crippen LogP) is -0.996. The van der Waals surface area contributed by atoms with E-state index in [-0.39, 0.29) is 6.42 Å². The number of nitrogens with one attached hydrogen (secondary N) is 3. The lowest BCUT2D eigenvalue weighted by Gasteiger charge is -2.24. The van der Waals surface area contributed by atoms with Crippen LogP contribution >= 0.6 is 0 Å². The van der Waals surface area contributed by atoms with Gasteiger partial charge in [-0.1, -0.05) is 13.8 Å². The molecule has 13 heteroatoms. The molecule has 4 amide bonds. The monoisotopic (exact) mass is 515 g/mol. The number of unbranched alkanes of at least 4 members (excludes halogenated alkanes) is 1. The molecule has 0 bridgehead atoms. The molecule has 0 heterocycles. The van der Waals surface area contributed by atoms with Crippen molar-refractivity contribution >= 4 is 35.6 Å². The van der Waals surface area contributed by atoms with Crippen LogP contribution in [0.4, 0.5) is 0 Å². The topological polar surface area (TPSA) is 209 Å². The largest absolute Gasteiger partial charge is 0.461 e. The summed E-state index contributed by atoms with van der Waals surface area (Å²) in [5.74, 6) is -4.89. The standard InChI is InChI=1S/C23H41N5O8/c1-12(2)22(33)36-15(6)20(31)26-14(5)19(30)28-17(11-18(25)29)21(32)27-16(9-7-8-10-24)23(34)35-13(3)4/h12-17H,7-11,24H2,1-6H3,(H2,25,29)(H,26,31)(H,27,32)(H,28,30). The highest BCUT2D eigenvalue weighted by atomic mass is 16.5. The molecule has 4 atom stereocenters. The van der Waals surface area contributed by atoms with E-state index in [9.17, 15) is 28.8 Å². The van der Waals surface area contributed by atoms with Gasteiger partial charge < -0.3 is 36.9 Å². The van der Waals surface area contributed by atoms with Crippen molar-refractivity contribution in [3.63, 3.8) is 0 Å². The SMILES string of the molecule is CC(C)OC(=O)C(CCCCN)NC(=O)C(CC(N)=O)NC(=O)C(C)NC(=O)C(C)OC(=O)C(C)C. The summed E-state index contributed by atoms with van der Waals surface area (Å²) in [6, 6.07) is -3.58. The van der Waals surface area contributed by atoms with Gasteiger partial charge in [-0.15, -0.1) is 0 Å². The fourth-order valence-electron chi connectivity index (χ4n) is 2.80. The molecule has 0 radical (unpaired) electrons. The minimum Gasteiger partial charge on any atom is -0.461 e. The first-order chi connectivity index (χ1) is 16.7. The van der Waals surface area contributed by atoms with Gasteiger partial charge in [-0.3, -0.25) is 24.0 Å². The second-order valence-electron chi connectivity index (χ2n) is 9.03. The molecule has 0 fully saturated rings. The number of carbonyl (C=O) groups excluding carboxylic acids is 6.